The number of nitrogens with one attached hydrogen (secondary N) is 3. The molecule has 128 valence electrons. The van der Waals surface area contributed by atoms with Crippen molar-refractivity contribution in [3.8, 4) is 0 Å². The second-order valence-electron chi connectivity index (χ2n) is 6.53. The van der Waals surface area contributed by atoms with Gasteiger partial charge in [0.05, 0.1) is 0 Å². The zero-order valence-corrected chi connectivity index (χ0v) is 14.7. The van der Waals surface area contributed by atoms with Crippen LogP contribution in [-0.4, -0.2) is 30.4 Å². The highest BCUT2D eigenvalue weighted by Gasteiger charge is 2.24. The van der Waals surface area contributed by atoms with Crippen LogP contribution in [0, 0.1) is 11.8 Å². The highest BCUT2D eigenvalue weighted by atomic mass is 16.2. The van der Waals surface area contributed by atoms with Gasteiger partial charge in [0.25, 0.3) is 0 Å². The van der Waals surface area contributed by atoms with Gasteiger partial charge in [-0.05, 0) is 24.0 Å². The molecule has 0 radical (unpaired) electrons. The Bertz CT molecular complexity index is 500. The molecular weight excluding hydrogens is 290 g/mol. The van der Waals surface area contributed by atoms with E-state index in [1.165, 1.54) is 6.92 Å². The number of carbonyl (C=O) groups excluding carboxylic acids is 2. The predicted octanol–water partition coefficient (Wildman–Crippen LogP) is 2.40. The summed E-state index contributed by atoms with van der Waals surface area (Å²) >= 11 is 0. The van der Waals surface area contributed by atoms with Gasteiger partial charge in [0.15, 0.2) is 0 Å². The van der Waals surface area contributed by atoms with E-state index in [-0.39, 0.29) is 23.8 Å². The first-order valence-electron chi connectivity index (χ1n) is 8.17. The van der Waals surface area contributed by atoms with Crippen molar-refractivity contribution in [2.75, 3.05) is 11.9 Å². The quantitative estimate of drug-likeness (QED) is 0.689. The summed E-state index contributed by atoms with van der Waals surface area (Å²) in [5.74, 6) is 0.0598. The van der Waals surface area contributed by atoms with Crippen LogP contribution in [-0.2, 0) is 9.59 Å². The molecule has 0 aromatic heterocycles. The van der Waals surface area contributed by atoms with Crippen molar-refractivity contribution in [3.05, 3.63) is 30.3 Å². The molecule has 23 heavy (non-hydrogen) atoms. The summed E-state index contributed by atoms with van der Waals surface area (Å²) in [6.45, 7) is 10.00. The zero-order chi connectivity index (χ0) is 17.4. The highest BCUT2D eigenvalue weighted by Crippen LogP contribution is 2.12. The minimum absolute atomic E-state index is 0.0403. The van der Waals surface area contributed by atoms with E-state index in [2.05, 4.69) is 29.8 Å². The van der Waals surface area contributed by atoms with E-state index in [1.54, 1.807) is 0 Å². The summed E-state index contributed by atoms with van der Waals surface area (Å²) in [5.41, 5.74) is 1.03. The van der Waals surface area contributed by atoms with E-state index in [4.69, 9.17) is 0 Å². The molecule has 2 atom stereocenters. The van der Waals surface area contributed by atoms with Gasteiger partial charge in [-0.25, -0.2) is 0 Å². The molecule has 1 rings (SSSR count). The maximum atomic E-state index is 12.3. The number of amides is 2. The van der Waals surface area contributed by atoms with Crippen LogP contribution in [0.1, 0.15) is 34.6 Å². The van der Waals surface area contributed by atoms with Crippen LogP contribution >= 0.6 is 0 Å². The predicted molar refractivity (Wildman–Crippen MR) is 94.1 cm³/mol. The molecule has 0 saturated carbocycles. The van der Waals surface area contributed by atoms with Crippen LogP contribution < -0.4 is 16.0 Å². The molecule has 0 saturated heterocycles. The van der Waals surface area contributed by atoms with E-state index >= 15 is 0 Å². The van der Waals surface area contributed by atoms with E-state index < -0.39 is 6.04 Å². The monoisotopic (exact) mass is 319 g/mol. The van der Waals surface area contributed by atoms with E-state index in [0.717, 1.165) is 5.69 Å². The first-order chi connectivity index (χ1) is 10.8. The second-order valence-corrected chi connectivity index (χ2v) is 6.53. The number of carbonyl (C=O) groups is 2. The molecule has 5 heteroatoms. The van der Waals surface area contributed by atoms with Crippen molar-refractivity contribution in [3.63, 3.8) is 0 Å². The number of para-hydroxylation sites is 1. The number of hydrogen-bond acceptors (Lipinski definition) is 3. The van der Waals surface area contributed by atoms with Crippen molar-refractivity contribution in [2.45, 2.75) is 46.7 Å². The average molecular weight is 319 g/mol. The Labute approximate surface area is 139 Å². The van der Waals surface area contributed by atoms with Gasteiger partial charge < -0.3 is 16.0 Å². The van der Waals surface area contributed by atoms with Crippen molar-refractivity contribution >= 4 is 17.5 Å². The van der Waals surface area contributed by atoms with E-state index in [1.807, 2.05) is 44.2 Å². The number of benzene rings is 1. The Morgan fingerprint density at radius 3 is 2.09 bits per heavy atom. The molecule has 0 aliphatic heterocycles. The van der Waals surface area contributed by atoms with Crippen LogP contribution in [0.4, 0.5) is 5.69 Å². The molecule has 3 N–H and O–H groups in total. The lowest BCUT2D eigenvalue weighted by Crippen LogP contribution is -2.51. The smallest absolute Gasteiger partial charge is 0.242 e. The summed E-state index contributed by atoms with van der Waals surface area (Å²) in [6, 6.07) is 9.55. The summed E-state index contributed by atoms with van der Waals surface area (Å²) in [6.07, 6.45) is 0. The molecule has 2 amide bonds. The first kappa shape index (κ1) is 19.0. The molecule has 0 heterocycles. The van der Waals surface area contributed by atoms with E-state index in [9.17, 15) is 9.59 Å². The number of hydrogen-bond donors (Lipinski definition) is 3. The van der Waals surface area contributed by atoms with Gasteiger partial charge in [-0.1, -0.05) is 45.9 Å². The molecule has 0 spiro atoms. The van der Waals surface area contributed by atoms with Gasteiger partial charge in [0.1, 0.15) is 6.04 Å². The van der Waals surface area contributed by atoms with Gasteiger partial charge in [-0.2, -0.15) is 0 Å². The van der Waals surface area contributed by atoms with Gasteiger partial charge in [-0.15, -0.1) is 0 Å². The molecule has 0 aliphatic rings. The topological polar surface area (TPSA) is 70.2 Å². The van der Waals surface area contributed by atoms with Crippen LogP contribution in [0.25, 0.3) is 0 Å². The third-order valence-electron chi connectivity index (χ3n) is 3.73. The summed E-state index contributed by atoms with van der Waals surface area (Å²) < 4.78 is 0. The van der Waals surface area contributed by atoms with E-state index in [0.29, 0.717) is 12.5 Å². The molecule has 5 nitrogen and oxygen atoms in total. The third-order valence-corrected chi connectivity index (χ3v) is 3.73. The Morgan fingerprint density at radius 1 is 1.00 bits per heavy atom. The number of anilines is 1. The third kappa shape index (κ3) is 6.72. The van der Waals surface area contributed by atoms with Gasteiger partial charge in [-0.3, -0.25) is 9.59 Å². The minimum Gasteiger partial charge on any atom is -0.380 e. The Kier molecular flexibility index (Phi) is 7.59. The largest absolute Gasteiger partial charge is 0.380 e. The summed E-state index contributed by atoms with van der Waals surface area (Å²) in [4.78, 5) is 23.6. The molecule has 1 aromatic carbocycles. The lowest BCUT2D eigenvalue weighted by atomic mass is 10.0. The first-order valence-corrected chi connectivity index (χ1v) is 8.17. The lowest BCUT2D eigenvalue weighted by molar-refractivity contribution is -0.129. The van der Waals surface area contributed by atoms with Gasteiger partial charge in [0.2, 0.25) is 11.8 Å². The lowest BCUT2D eigenvalue weighted by Gasteiger charge is -2.26. The Morgan fingerprint density at radius 2 is 1.61 bits per heavy atom. The van der Waals surface area contributed by atoms with Crippen LogP contribution in [0.2, 0.25) is 0 Å². The molecule has 0 aliphatic carbocycles. The van der Waals surface area contributed by atoms with Gasteiger partial charge in [0, 0.05) is 25.2 Å². The van der Waals surface area contributed by atoms with Crippen molar-refractivity contribution in [1.29, 1.82) is 0 Å². The fourth-order valence-corrected chi connectivity index (χ4v) is 2.28. The zero-order valence-electron chi connectivity index (χ0n) is 14.7. The maximum Gasteiger partial charge on any atom is 0.242 e. The fourth-order valence-electron chi connectivity index (χ4n) is 2.28. The summed E-state index contributed by atoms with van der Waals surface area (Å²) in [5, 5.41) is 9.11. The Balaban J connectivity index is 2.63. The molecule has 0 bridgehead atoms. The molecule has 1 aromatic rings. The molecule has 0 fully saturated rings. The van der Waals surface area contributed by atoms with Crippen molar-refractivity contribution in [2.24, 2.45) is 11.8 Å². The van der Waals surface area contributed by atoms with Crippen LogP contribution in [0.3, 0.4) is 0 Å². The Hall–Kier alpha value is -2.04. The number of rotatable bonds is 8. The average Bonchev–Trinajstić information content (AvgIpc) is 2.49. The molecule has 2 unspecified atom stereocenters. The highest BCUT2D eigenvalue weighted by molar-refractivity contribution is 5.87. The van der Waals surface area contributed by atoms with Gasteiger partial charge >= 0.3 is 0 Å². The standard InChI is InChI=1S/C18H29N3O2/c1-12(2)16(21-15-9-7-6-8-10-15)11-19-18(23)17(13(3)4)20-14(5)22/h6-10,12-13,16-17,21H,11H2,1-5H3,(H,19,23)(H,20,22). The maximum absolute atomic E-state index is 12.3. The normalized spacial score (nSPS) is 13.5. The fraction of sp³-hybridized carbons (Fsp3) is 0.556. The minimum atomic E-state index is -0.503. The van der Waals surface area contributed by atoms with Crippen LogP contribution in [0.15, 0.2) is 30.3 Å². The second kappa shape index (κ2) is 9.18. The SMILES string of the molecule is CC(=O)NC(C(=O)NCC(Nc1ccccc1)C(C)C)C(C)C. The van der Waals surface area contributed by atoms with Crippen molar-refractivity contribution < 1.29 is 9.59 Å². The van der Waals surface area contributed by atoms with Crippen LogP contribution in [0.5, 0.6) is 0 Å². The summed E-state index contributed by atoms with van der Waals surface area (Å²) in [7, 11) is 0. The molecular formula is C18H29N3O2. The van der Waals surface area contributed by atoms with Crippen molar-refractivity contribution in [1.82, 2.24) is 10.6 Å².